The van der Waals surface area contributed by atoms with E-state index in [0.717, 1.165) is 11.5 Å². The molecule has 0 aromatic heterocycles. The molecule has 0 radical (unpaired) electrons. The third-order valence-corrected chi connectivity index (χ3v) is 7.00. The van der Waals surface area contributed by atoms with Gasteiger partial charge in [0.05, 0.1) is 17.6 Å². The van der Waals surface area contributed by atoms with Crippen LogP contribution in [0.4, 0.5) is 0 Å². The Morgan fingerprint density at radius 2 is 1.85 bits per heavy atom. The lowest BCUT2D eigenvalue weighted by Gasteiger charge is -2.26. The molecule has 0 atom stereocenters. The Morgan fingerprint density at radius 1 is 1.15 bits per heavy atom. The van der Waals surface area contributed by atoms with Crippen LogP contribution >= 0.6 is 11.8 Å². The molecule has 2 aromatic rings. The van der Waals surface area contributed by atoms with Gasteiger partial charge in [-0.25, -0.2) is 13.2 Å². The quantitative estimate of drug-likeness (QED) is 0.841. The maximum absolute atomic E-state index is 13.0. The number of ether oxygens (including phenoxy) is 1. The van der Waals surface area contributed by atoms with Gasteiger partial charge >= 0.3 is 5.97 Å². The van der Waals surface area contributed by atoms with Gasteiger partial charge in [-0.2, -0.15) is 16.1 Å². The highest BCUT2D eigenvalue weighted by Gasteiger charge is 2.27. The Hall–Kier alpha value is -2.03. The first-order valence-corrected chi connectivity index (χ1v) is 10.6. The molecule has 8 heteroatoms. The van der Waals surface area contributed by atoms with Crippen molar-refractivity contribution in [2.24, 2.45) is 0 Å². The molecule has 3 rings (SSSR count). The Bertz CT molecular complexity index is 921. The van der Waals surface area contributed by atoms with Gasteiger partial charge in [-0.3, -0.25) is 0 Å². The highest BCUT2D eigenvalue weighted by atomic mass is 32.2. The lowest BCUT2D eigenvalue weighted by molar-refractivity contribution is 0.0696. The third kappa shape index (κ3) is 3.72. The van der Waals surface area contributed by atoms with Crippen molar-refractivity contribution >= 4 is 27.8 Å². The summed E-state index contributed by atoms with van der Waals surface area (Å²) in [7, 11) is -2.24. The molecule has 0 saturated carbocycles. The van der Waals surface area contributed by atoms with Gasteiger partial charge in [-0.15, -0.1) is 0 Å². The van der Waals surface area contributed by atoms with E-state index < -0.39 is 16.0 Å². The van der Waals surface area contributed by atoms with Crippen LogP contribution in [0, 0.1) is 0 Å². The first kappa shape index (κ1) is 18.8. The van der Waals surface area contributed by atoms with Gasteiger partial charge in [0.2, 0.25) is 10.0 Å². The molecule has 1 aliphatic heterocycles. The van der Waals surface area contributed by atoms with E-state index in [9.17, 15) is 18.3 Å². The lowest BCUT2D eigenvalue weighted by Crippen LogP contribution is -2.37. The minimum atomic E-state index is -3.75. The first-order valence-electron chi connectivity index (χ1n) is 8.03. The van der Waals surface area contributed by atoms with E-state index in [1.807, 2.05) is 0 Å². The number of para-hydroxylation sites is 1. The van der Waals surface area contributed by atoms with E-state index in [4.69, 9.17) is 4.74 Å². The molecule has 1 N–H and O–H groups in total. The molecule has 2 aromatic carbocycles. The monoisotopic (exact) mass is 393 g/mol. The Morgan fingerprint density at radius 3 is 2.50 bits per heavy atom. The second-order valence-corrected chi connectivity index (χ2v) is 8.93. The molecule has 138 valence electrons. The molecular formula is C18H19NO5S2. The standard InChI is InChI=1S/C18H19NO5S2/c1-24-17-5-3-2-4-16(17)13-10-14(18(20)21)12-15(11-13)26(22,23)19-6-8-25-9-7-19/h2-5,10-12H,6-9H2,1H3,(H,20,21). The van der Waals surface area contributed by atoms with Crippen molar-refractivity contribution in [3.63, 3.8) is 0 Å². The van der Waals surface area contributed by atoms with Crippen molar-refractivity contribution in [2.45, 2.75) is 4.90 Å². The summed E-state index contributed by atoms with van der Waals surface area (Å²) < 4.78 is 32.7. The maximum Gasteiger partial charge on any atom is 0.335 e. The fourth-order valence-corrected chi connectivity index (χ4v) is 5.49. The van der Waals surface area contributed by atoms with Crippen LogP contribution in [0.15, 0.2) is 47.4 Å². The Labute approximate surface area is 156 Å². The fourth-order valence-electron chi connectivity index (χ4n) is 2.85. The number of hydrogen-bond acceptors (Lipinski definition) is 5. The maximum atomic E-state index is 13.0. The number of benzene rings is 2. The summed E-state index contributed by atoms with van der Waals surface area (Å²) in [6, 6.07) is 11.3. The molecule has 0 aliphatic carbocycles. The molecule has 0 bridgehead atoms. The van der Waals surface area contributed by atoms with Gasteiger partial charge in [0.25, 0.3) is 0 Å². The predicted octanol–water partition coefficient (Wildman–Crippen LogP) is 2.80. The molecule has 6 nitrogen and oxygen atoms in total. The van der Waals surface area contributed by atoms with Crippen molar-refractivity contribution < 1.29 is 23.1 Å². The van der Waals surface area contributed by atoms with Gasteiger partial charge in [-0.05, 0) is 29.8 Å². The summed E-state index contributed by atoms with van der Waals surface area (Å²) in [6.07, 6.45) is 0. The fraction of sp³-hybridized carbons (Fsp3) is 0.278. The van der Waals surface area contributed by atoms with Crippen LogP contribution in [0.5, 0.6) is 5.75 Å². The number of hydrogen-bond donors (Lipinski definition) is 1. The second kappa shape index (κ2) is 7.69. The van der Waals surface area contributed by atoms with E-state index >= 15 is 0 Å². The summed E-state index contributed by atoms with van der Waals surface area (Å²) in [6.45, 7) is 0.850. The van der Waals surface area contributed by atoms with E-state index in [-0.39, 0.29) is 10.5 Å². The van der Waals surface area contributed by atoms with Crippen LogP contribution in [-0.2, 0) is 10.0 Å². The van der Waals surface area contributed by atoms with Gasteiger partial charge in [0, 0.05) is 30.2 Å². The molecule has 1 saturated heterocycles. The van der Waals surface area contributed by atoms with Gasteiger partial charge < -0.3 is 9.84 Å². The molecule has 0 spiro atoms. The number of carboxylic acid groups (broad SMARTS) is 1. The second-order valence-electron chi connectivity index (χ2n) is 5.77. The summed E-state index contributed by atoms with van der Waals surface area (Å²) in [4.78, 5) is 11.5. The van der Waals surface area contributed by atoms with Crippen LogP contribution in [-0.4, -0.2) is 55.5 Å². The van der Waals surface area contributed by atoms with E-state index in [2.05, 4.69) is 0 Å². The average Bonchev–Trinajstić information content (AvgIpc) is 2.68. The van der Waals surface area contributed by atoms with Gasteiger partial charge in [-0.1, -0.05) is 18.2 Å². The smallest absolute Gasteiger partial charge is 0.335 e. The zero-order valence-electron chi connectivity index (χ0n) is 14.2. The highest BCUT2D eigenvalue weighted by molar-refractivity contribution is 7.99. The topological polar surface area (TPSA) is 83.9 Å². The number of carbonyl (C=O) groups is 1. The van der Waals surface area contributed by atoms with Crippen molar-refractivity contribution in [1.29, 1.82) is 0 Å². The number of sulfonamides is 1. The number of thioether (sulfide) groups is 1. The number of carboxylic acids is 1. The van der Waals surface area contributed by atoms with Crippen LogP contribution in [0.25, 0.3) is 11.1 Å². The Balaban J connectivity index is 2.14. The molecular weight excluding hydrogens is 374 g/mol. The molecule has 1 aliphatic rings. The van der Waals surface area contributed by atoms with Crippen LogP contribution in [0.3, 0.4) is 0 Å². The van der Waals surface area contributed by atoms with Crippen LogP contribution in [0.2, 0.25) is 0 Å². The third-order valence-electron chi connectivity index (χ3n) is 4.18. The molecule has 0 amide bonds. The lowest BCUT2D eigenvalue weighted by atomic mass is 10.0. The van der Waals surface area contributed by atoms with Crippen LogP contribution < -0.4 is 4.74 Å². The SMILES string of the molecule is COc1ccccc1-c1cc(C(=O)O)cc(S(=O)(=O)N2CCSCC2)c1. The van der Waals surface area contributed by atoms with Crippen molar-refractivity contribution in [1.82, 2.24) is 4.31 Å². The van der Waals surface area contributed by atoms with E-state index in [1.54, 1.807) is 36.0 Å². The number of rotatable bonds is 5. The normalized spacial score (nSPS) is 15.6. The zero-order chi connectivity index (χ0) is 18.7. The van der Waals surface area contributed by atoms with Crippen LogP contribution in [0.1, 0.15) is 10.4 Å². The van der Waals surface area contributed by atoms with Crippen molar-refractivity contribution in [3.05, 3.63) is 48.0 Å². The summed E-state index contributed by atoms with van der Waals surface area (Å²) in [5.74, 6) is 0.842. The van der Waals surface area contributed by atoms with E-state index in [1.165, 1.54) is 29.6 Å². The zero-order valence-corrected chi connectivity index (χ0v) is 15.8. The summed E-state index contributed by atoms with van der Waals surface area (Å²) in [5, 5.41) is 9.44. The molecule has 1 heterocycles. The minimum Gasteiger partial charge on any atom is -0.496 e. The highest BCUT2D eigenvalue weighted by Crippen LogP contribution is 2.33. The molecule has 0 unspecified atom stereocenters. The number of nitrogens with zero attached hydrogens (tertiary/aromatic N) is 1. The summed E-state index contributed by atoms with van der Waals surface area (Å²) >= 11 is 1.71. The average molecular weight is 393 g/mol. The molecule has 26 heavy (non-hydrogen) atoms. The predicted molar refractivity (Wildman–Crippen MR) is 101 cm³/mol. The van der Waals surface area contributed by atoms with Gasteiger partial charge in [0.1, 0.15) is 5.75 Å². The van der Waals surface area contributed by atoms with Crippen molar-refractivity contribution in [3.8, 4) is 16.9 Å². The van der Waals surface area contributed by atoms with Gasteiger partial charge in [0.15, 0.2) is 0 Å². The van der Waals surface area contributed by atoms with Crippen molar-refractivity contribution in [2.75, 3.05) is 31.7 Å². The molecule has 1 fully saturated rings. The minimum absolute atomic E-state index is 0.00907. The number of methoxy groups -OCH3 is 1. The van der Waals surface area contributed by atoms with E-state index in [0.29, 0.717) is 30.0 Å². The largest absolute Gasteiger partial charge is 0.496 e. The number of aromatic carboxylic acids is 1. The summed E-state index contributed by atoms with van der Waals surface area (Å²) in [5.41, 5.74) is 1.06. The first-order chi connectivity index (χ1) is 12.4. The Kier molecular flexibility index (Phi) is 5.55.